The van der Waals surface area contributed by atoms with E-state index >= 15 is 0 Å². The van der Waals surface area contributed by atoms with Crippen LogP contribution in [0.2, 0.25) is 0 Å². The van der Waals surface area contributed by atoms with Crippen LogP contribution in [0.5, 0.6) is 0 Å². The molecule has 1 aromatic rings. The molecule has 1 rings (SSSR count). The molecule has 0 radical (unpaired) electrons. The summed E-state index contributed by atoms with van der Waals surface area (Å²) in [5, 5.41) is 2.85. The Labute approximate surface area is 103 Å². The molecule has 0 saturated heterocycles. The maximum absolute atomic E-state index is 11.7. The van der Waals surface area contributed by atoms with Crippen LogP contribution in [0.15, 0.2) is 24.3 Å². The van der Waals surface area contributed by atoms with E-state index in [0.717, 1.165) is 17.5 Å². The second-order valence-electron chi connectivity index (χ2n) is 4.06. The lowest BCUT2D eigenvalue weighted by Crippen LogP contribution is -2.37. The van der Waals surface area contributed by atoms with Crippen LogP contribution in [0.1, 0.15) is 24.5 Å². The molecule has 17 heavy (non-hydrogen) atoms. The lowest BCUT2D eigenvalue weighted by atomic mass is 10.1. The fraction of sp³-hybridized carbons (Fsp3) is 0.462. The Hall–Kier alpha value is -1.55. The van der Waals surface area contributed by atoms with Gasteiger partial charge in [-0.25, -0.2) is 4.79 Å². The molecule has 3 N–H and O–H groups in total. The average Bonchev–Trinajstić information content (AvgIpc) is 2.36. The van der Waals surface area contributed by atoms with Gasteiger partial charge < -0.3 is 16.0 Å². The number of rotatable bonds is 5. The molecule has 4 nitrogen and oxygen atoms in total. The number of hydrogen-bond acceptors (Lipinski definition) is 2. The van der Waals surface area contributed by atoms with E-state index < -0.39 is 0 Å². The molecule has 0 aliphatic rings. The summed E-state index contributed by atoms with van der Waals surface area (Å²) < 4.78 is 0. The van der Waals surface area contributed by atoms with Crippen molar-refractivity contribution < 1.29 is 4.79 Å². The van der Waals surface area contributed by atoms with E-state index in [1.165, 1.54) is 0 Å². The Morgan fingerprint density at radius 3 is 2.59 bits per heavy atom. The van der Waals surface area contributed by atoms with E-state index in [2.05, 4.69) is 5.32 Å². The zero-order valence-corrected chi connectivity index (χ0v) is 10.6. The summed E-state index contributed by atoms with van der Waals surface area (Å²) in [4.78, 5) is 13.4. The first kappa shape index (κ1) is 13.5. The smallest absolute Gasteiger partial charge is 0.317 e. The van der Waals surface area contributed by atoms with E-state index in [-0.39, 0.29) is 6.03 Å². The van der Waals surface area contributed by atoms with Crippen molar-refractivity contribution in [3.05, 3.63) is 35.4 Å². The van der Waals surface area contributed by atoms with E-state index in [1.807, 2.05) is 31.2 Å². The highest BCUT2D eigenvalue weighted by molar-refractivity contribution is 5.73. The van der Waals surface area contributed by atoms with Crippen LogP contribution in [-0.4, -0.2) is 24.5 Å². The molecule has 0 fully saturated rings. The van der Waals surface area contributed by atoms with Crippen LogP contribution < -0.4 is 11.1 Å². The third-order valence-electron chi connectivity index (χ3n) is 2.62. The van der Waals surface area contributed by atoms with Crippen LogP contribution in [-0.2, 0) is 13.1 Å². The minimum Gasteiger partial charge on any atom is -0.338 e. The molecule has 0 aliphatic heterocycles. The molecule has 0 atom stereocenters. The van der Waals surface area contributed by atoms with Gasteiger partial charge in [0, 0.05) is 26.7 Å². The van der Waals surface area contributed by atoms with Crippen LogP contribution >= 0.6 is 0 Å². The minimum absolute atomic E-state index is 0.0429. The topological polar surface area (TPSA) is 58.4 Å². The zero-order chi connectivity index (χ0) is 12.7. The molecule has 1 aromatic carbocycles. The standard InChI is InChI=1S/C13H21N3O/c1-3-8-15-13(17)16(2)10-12-7-5-4-6-11(12)9-14/h4-7H,3,8-10,14H2,1-2H3,(H,15,17). The van der Waals surface area contributed by atoms with Gasteiger partial charge in [0.15, 0.2) is 0 Å². The fourth-order valence-electron chi connectivity index (χ4n) is 1.61. The SMILES string of the molecule is CCCNC(=O)N(C)Cc1ccccc1CN. The Morgan fingerprint density at radius 1 is 1.35 bits per heavy atom. The molecule has 94 valence electrons. The number of nitrogens with zero attached hydrogens (tertiary/aromatic N) is 1. The Balaban J connectivity index is 2.60. The maximum Gasteiger partial charge on any atom is 0.317 e. The van der Waals surface area contributed by atoms with Crippen LogP contribution in [0.25, 0.3) is 0 Å². The van der Waals surface area contributed by atoms with E-state index in [0.29, 0.717) is 19.6 Å². The van der Waals surface area contributed by atoms with Gasteiger partial charge in [0.25, 0.3) is 0 Å². The first-order valence-corrected chi connectivity index (χ1v) is 5.94. The number of benzene rings is 1. The molecule has 0 aliphatic carbocycles. The normalized spacial score (nSPS) is 10.1. The first-order chi connectivity index (χ1) is 8.19. The zero-order valence-electron chi connectivity index (χ0n) is 10.6. The molecule has 0 bridgehead atoms. The highest BCUT2D eigenvalue weighted by atomic mass is 16.2. The summed E-state index contributed by atoms with van der Waals surface area (Å²) in [6.07, 6.45) is 0.943. The van der Waals surface area contributed by atoms with Gasteiger partial charge in [0.05, 0.1) is 0 Å². The van der Waals surface area contributed by atoms with E-state index in [4.69, 9.17) is 5.73 Å². The van der Waals surface area contributed by atoms with Crippen molar-refractivity contribution in [2.24, 2.45) is 5.73 Å². The van der Waals surface area contributed by atoms with Gasteiger partial charge in [-0.05, 0) is 17.5 Å². The number of urea groups is 1. The number of nitrogens with one attached hydrogen (secondary N) is 1. The van der Waals surface area contributed by atoms with Crippen molar-refractivity contribution in [3.63, 3.8) is 0 Å². The van der Waals surface area contributed by atoms with Gasteiger partial charge in [-0.3, -0.25) is 0 Å². The Kier molecular flexibility index (Phi) is 5.49. The summed E-state index contributed by atoms with van der Waals surface area (Å²) in [6, 6.07) is 7.88. The summed E-state index contributed by atoms with van der Waals surface area (Å²) in [5.74, 6) is 0. The molecule has 0 heterocycles. The second-order valence-corrected chi connectivity index (χ2v) is 4.06. The van der Waals surface area contributed by atoms with Gasteiger partial charge in [-0.15, -0.1) is 0 Å². The molecule has 4 heteroatoms. The van der Waals surface area contributed by atoms with Gasteiger partial charge in [-0.1, -0.05) is 31.2 Å². The van der Waals surface area contributed by atoms with Gasteiger partial charge in [0.2, 0.25) is 0 Å². The van der Waals surface area contributed by atoms with E-state index in [1.54, 1.807) is 11.9 Å². The van der Waals surface area contributed by atoms with Crippen LogP contribution in [0, 0.1) is 0 Å². The van der Waals surface area contributed by atoms with Crippen molar-refractivity contribution in [2.45, 2.75) is 26.4 Å². The Bertz CT molecular complexity index is 365. The number of nitrogens with two attached hydrogens (primary N) is 1. The molecular formula is C13H21N3O. The predicted molar refractivity (Wildman–Crippen MR) is 69.5 cm³/mol. The Morgan fingerprint density at radius 2 is 2.00 bits per heavy atom. The molecule has 0 spiro atoms. The van der Waals surface area contributed by atoms with Gasteiger partial charge in [0.1, 0.15) is 0 Å². The van der Waals surface area contributed by atoms with Crippen LogP contribution in [0.4, 0.5) is 4.79 Å². The van der Waals surface area contributed by atoms with E-state index in [9.17, 15) is 4.79 Å². The molecule has 0 unspecified atom stereocenters. The summed E-state index contributed by atoms with van der Waals surface area (Å²) in [7, 11) is 1.79. The maximum atomic E-state index is 11.7. The largest absolute Gasteiger partial charge is 0.338 e. The molecule has 0 aromatic heterocycles. The summed E-state index contributed by atoms with van der Waals surface area (Å²) >= 11 is 0. The quantitative estimate of drug-likeness (QED) is 0.816. The first-order valence-electron chi connectivity index (χ1n) is 5.94. The van der Waals surface area contributed by atoms with Crippen molar-refractivity contribution >= 4 is 6.03 Å². The lowest BCUT2D eigenvalue weighted by molar-refractivity contribution is 0.207. The highest BCUT2D eigenvalue weighted by Crippen LogP contribution is 2.10. The van der Waals surface area contributed by atoms with Crippen molar-refractivity contribution in [3.8, 4) is 0 Å². The fourth-order valence-corrected chi connectivity index (χ4v) is 1.61. The third-order valence-corrected chi connectivity index (χ3v) is 2.62. The molecular weight excluding hydrogens is 214 g/mol. The second kappa shape index (κ2) is 6.91. The lowest BCUT2D eigenvalue weighted by Gasteiger charge is -2.19. The number of carbonyl (C=O) groups is 1. The van der Waals surface area contributed by atoms with Gasteiger partial charge in [-0.2, -0.15) is 0 Å². The third kappa shape index (κ3) is 4.07. The number of amides is 2. The monoisotopic (exact) mass is 235 g/mol. The average molecular weight is 235 g/mol. The predicted octanol–water partition coefficient (Wildman–Crippen LogP) is 1.70. The van der Waals surface area contributed by atoms with Crippen molar-refractivity contribution in [1.82, 2.24) is 10.2 Å². The van der Waals surface area contributed by atoms with Crippen molar-refractivity contribution in [1.29, 1.82) is 0 Å². The molecule has 2 amide bonds. The number of carbonyl (C=O) groups excluding carboxylic acids is 1. The number of hydrogen-bond donors (Lipinski definition) is 2. The summed E-state index contributed by atoms with van der Waals surface area (Å²) in [6.45, 7) is 3.83. The van der Waals surface area contributed by atoms with Crippen molar-refractivity contribution in [2.75, 3.05) is 13.6 Å². The highest BCUT2D eigenvalue weighted by Gasteiger charge is 2.09. The van der Waals surface area contributed by atoms with Crippen LogP contribution in [0.3, 0.4) is 0 Å². The molecule has 0 saturated carbocycles. The van der Waals surface area contributed by atoms with Gasteiger partial charge >= 0.3 is 6.03 Å². The summed E-state index contributed by atoms with van der Waals surface area (Å²) in [5.41, 5.74) is 7.85. The minimum atomic E-state index is -0.0429.